The third kappa shape index (κ3) is 2.53. The molecule has 1 saturated heterocycles. The summed E-state index contributed by atoms with van der Waals surface area (Å²) in [5.41, 5.74) is 1.59. The van der Waals surface area contributed by atoms with Gasteiger partial charge in [-0.25, -0.2) is 4.79 Å². The predicted molar refractivity (Wildman–Crippen MR) is 88.6 cm³/mol. The predicted octanol–water partition coefficient (Wildman–Crippen LogP) is 2.90. The van der Waals surface area contributed by atoms with Crippen LogP contribution in [-0.4, -0.2) is 34.6 Å². The highest BCUT2D eigenvalue weighted by atomic mass is 16.6. The maximum Gasteiger partial charge on any atom is 0.338 e. The van der Waals surface area contributed by atoms with Crippen molar-refractivity contribution >= 4 is 5.97 Å². The number of fused-ring (bicyclic) bond motifs is 1. The highest BCUT2D eigenvalue weighted by Crippen LogP contribution is 2.53. The normalized spacial score (nSPS) is 27.3. The lowest BCUT2D eigenvalue weighted by Crippen LogP contribution is -2.61. The zero-order valence-corrected chi connectivity index (χ0v) is 14.0. The van der Waals surface area contributed by atoms with Crippen LogP contribution in [-0.2, 0) is 16.0 Å². The first-order chi connectivity index (χ1) is 11.6. The van der Waals surface area contributed by atoms with Crippen LogP contribution < -0.4 is 0 Å². The lowest BCUT2D eigenvalue weighted by molar-refractivity contribution is -0.183. The molecule has 1 saturated carbocycles. The summed E-state index contributed by atoms with van der Waals surface area (Å²) >= 11 is 0. The zero-order valence-electron chi connectivity index (χ0n) is 14.0. The summed E-state index contributed by atoms with van der Waals surface area (Å²) in [5.74, 6) is 0.104. The molecule has 0 spiro atoms. The Bertz CT molecular complexity index is 722. The quantitative estimate of drug-likeness (QED) is 0.811. The third-order valence-electron chi connectivity index (χ3n) is 5.32. The maximum atomic E-state index is 12.5. The molecule has 0 unspecified atom stereocenters. The summed E-state index contributed by atoms with van der Waals surface area (Å²) in [6.07, 6.45) is 4.83. The molecule has 126 valence electrons. The van der Waals surface area contributed by atoms with Gasteiger partial charge < -0.3 is 9.47 Å². The van der Waals surface area contributed by atoms with Gasteiger partial charge in [0, 0.05) is 30.3 Å². The molecule has 0 N–H and O–H groups in total. The standard InChI is InChI=1S/C19H22N2O3/c1-19(2)16-15(8-11-23-16)17(19)24-18(22)14-6-4-13(5-7-14)12-21-10-3-9-20-21/h3-7,9-10,15-17H,8,11-12H2,1-2H3/t15-,16+,17-/m1/s1. The van der Waals surface area contributed by atoms with E-state index in [9.17, 15) is 4.79 Å². The number of benzene rings is 1. The molecular weight excluding hydrogens is 304 g/mol. The second-order valence-electron chi connectivity index (χ2n) is 7.29. The minimum absolute atomic E-state index is 0.0544. The number of rotatable bonds is 4. The molecular formula is C19H22N2O3. The second kappa shape index (κ2) is 5.74. The fourth-order valence-corrected chi connectivity index (χ4v) is 4.03. The summed E-state index contributed by atoms with van der Waals surface area (Å²) in [6.45, 7) is 5.70. The van der Waals surface area contributed by atoms with Crippen LogP contribution in [0.2, 0.25) is 0 Å². The average molecular weight is 326 g/mol. The molecule has 3 atom stereocenters. The minimum atomic E-state index is -0.246. The van der Waals surface area contributed by atoms with Gasteiger partial charge in [-0.3, -0.25) is 4.68 Å². The van der Waals surface area contributed by atoms with Crippen LogP contribution in [0.3, 0.4) is 0 Å². The van der Waals surface area contributed by atoms with Gasteiger partial charge in [0.2, 0.25) is 0 Å². The van der Waals surface area contributed by atoms with Crippen molar-refractivity contribution in [2.75, 3.05) is 6.61 Å². The Morgan fingerprint density at radius 3 is 2.88 bits per heavy atom. The van der Waals surface area contributed by atoms with Crippen LogP contribution in [0.15, 0.2) is 42.7 Å². The molecule has 2 heterocycles. The summed E-state index contributed by atoms with van der Waals surface area (Å²) in [4.78, 5) is 12.5. The largest absolute Gasteiger partial charge is 0.458 e. The van der Waals surface area contributed by atoms with Gasteiger partial charge in [-0.1, -0.05) is 26.0 Å². The van der Waals surface area contributed by atoms with E-state index in [1.54, 1.807) is 6.20 Å². The summed E-state index contributed by atoms with van der Waals surface area (Å²) < 4.78 is 13.4. The lowest BCUT2D eigenvalue weighted by Gasteiger charge is -2.53. The topological polar surface area (TPSA) is 53.4 Å². The molecule has 2 fully saturated rings. The molecule has 24 heavy (non-hydrogen) atoms. The Labute approximate surface area is 141 Å². The van der Waals surface area contributed by atoms with Crippen molar-refractivity contribution in [2.24, 2.45) is 11.3 Å². The number of esters is 1. The van der Waals surface area contributed by atoms with Crippen molar-refractivity contribution in [2.45, 2.75) is 39.0 Å². The van der Waals surface area contributed by atoms with Gasteiger partial charge in [-0.05, 0) is 30.2 Å². The maximum absolute atomic E-state index is 12.5. The number of hydrogen-bond donors (Lipinski definition) is 0. The van der Waals surface area contributed by atoms with Crippen LogP contribution >= 0.6 is 0 Å². The second-order valence-corrected chi connectivity index (χ2v) is 7.29. The Balaban J connectivity index is 1.41. The van der Waals surface area contributed by atoms with Crippen LogP contribution in [0.1, 0.15) is 36.2 Å². The highest BCUT2D eigenvalue weighted by molar-refractivity contribution is 5.89. The monoisotopic (exact) mass is 326 g/mol. The number of carbonyl (C=O) groups excluding carboxylic acids is 1. The van der Waals surface area contributed by atoms with Gasteiger partial charge >= 0.3 is 5.97 Å². The number of carbonyl (C=O) groups is 1. The van der Waals surface area contributed by atoms with Crippen LogP contribution in [0.4, 0.5) is 0 Å². The first-order valence-corrected chi connectivity index (χ1v) is 8.44. The van der Waals surface area contributed by atoms with E-state index in [-0.39, 0.29) is 23.6 Å². The zero-order chi connectivity index (χ0) is 16.7. The molecule has 1 aliphatic heterocycles. The molecule has 0 bridgehead atoms. The summed E-state index contributed by atoms with van der Waals surface area (Å²) in [6, 6.07) is 9.45. The van der Waals surface area contributed by atoms with Crippen molar-refractivity contribution in [3.63, 3.8) is 0 Å². The van der Waals surface area contributed by atoms with Gasteiger partial charge in [-0.2, -0.15) is 5.10 Å². The molecule has 1 aromatic carbocycles. The molecule has 0 radical (unpaired) electrons. The van der Waals surface area contributed by atoms with Crippen molar-refractivity contribution in [3.05, 3.63) is 53.9 Å². The molecule has 5 heteroatoms. The van der Waals surface area contributed by atoms with E-state index >= 15 is 0 Å². The van der Waals surface area contributed by atoms with Gasteiger partial charge in [0.1, 0.15) is 6.10 Å². The lowest BCUT2D eigenvalue weighted by atomic mass is 9.59. The van der Waals surface area contributed by atoms with Gasteiger partial charge in [0.15, 0.2) is 0 Å². The first-order valence-electron chi connectivity index (χ1n) is 8.44. The molecule has 5 nitrogen and oxygen atoms in total. The average Bonchev–Trinajstić information content (AvgIpc) is 3.23. The van der Waals surface area contributed by atoms with Gasteiger partial charge in [0.25, 0.3) is 0 Å². The number of aromatic nitrogens is 2. The van der Waals surface area contributed by atoms with E-state index in [1.165, 1.54) is 0 Å². The summed E-state index contributed by atoms with van der Waals surface area (Å²) in [7, 11) is 0. The number of ether oxygens (including phenoxy) is 2. The van der Waals surface area contributed by atoms with E-state index in [0.29, 0.717) is 18.0 Å². The molecule has 1 aliphatic carbocycles. The molecule has 4 rings (SSSR count). The first kappa shape index (κ1) is 15.4. The molecule has 1 aromatic heterocycles. The van der Waals surface area contributed by atoms with Crippen LogP contribution in [0.5, 0.6) is 0 Å². The molecule has 2 aromatic rings. The van der Waals surface area contributed by atoms with Crippen molar-refractivity contribution in [1.29, 1.82) is 0 Å². The van der Waals surface area contributed by atoms with E-state index in [4.69, 9.17) is 9.47 Å². The van der Waals surface area contributed by atoms with Gasteiger partial charge in [-0.15, -0.1) is 0 Å². The van der Waals surface area contributed by atoms with Crippen LogP contribution in [0.25, 0.3) is 0 Å². The fourth-order valence-electron chi connectivity index (χ4n) is 4.03. The van der Waals surface area contributed by atoms with Crippen molar-refractivity contribution in [3.8, 4) is 0 Å². The Morgan fingerprint density at radius 2 is 2.17 bits per heavy atom. The molecule has 2 aliphatic rings. The Kier molecular flexibility index (Phi) is 3.68. The van der Waals surface area contributed by atoms with E-state index in [1.807, 2.05) is 41.2 Å². The Hall–Kier alpha value is -2.14. The number of hydrogen-bond acceptors (Lipinski definition) is 4. The van der Waals surface area contributed by atoms with Gasteiger partial charge in [0.05, 0.1) is 18.2 Å². The fraction of sp³-hybridized carbons (Fsp3) is 0.474. The smallest absolute Gasteiger partial charge is 0.338 e. The third-order valence-corrected chi connectivity index (χ3v) is 5.32. The van der Waals surface area contributed by atoms with Crippen molar-refractivity contribution in [1.82, 2.24) is 9.78 Å². The van der Waals surface area contributed by atoms with E-state index < -0.39 is 0 Å². The van der Waals surface area contributed by atoms with E-state index in [0.717, 1.165) is 18.6 Å². The minimum Gasteiger partial charge on any atom is -0.458 e. The molecule has 0 amide bonds. The van der Waals surface area contributed by atoms with Crippen LogP contribution in [0, 0.1) is 11.3 Å². The number of nitrogens with zero attached hydrogens (tertiary/aromatic N) is 2. The summed E-state index contributed by atoms with van der Waals surface area (Å²) in [5, 5.41) is 4.19. The SMILES string of the molecule is CC1(C)[C@H](OC(=O)c2ccc(Cn3cccn3)cc2)[C@@H]2CCO[C@@H]21. The Morgan fingerprint density at radius 1 is 1.38 bits per heavy atom. The highest BCUT2D eigenvalue weighted by Gasteiger charge is 2.61. The van der Waals surface area contributed by atoms with Crippen molar-refractivity contribution < 1.29 is 14.3 Å². The van der Waals surface area contributed by atoms with E-state index in [2.05, 4.69) is 18.9 Å².